The van der Waals surface area contributed by atoms with Gasteiger partial charge in [0, 0.05) is 16.6 Å². The number of carbonyl (C=O) groups excluding carboxylic acids is 1. The van der Waals surface area contributed by atoms with E-state index in [1.807, 2.05) is 11.8 Å². The molecule has 3 heteroatoms. The molecule has 0 saturated heterocycles. The predicted molar refractivity (Wildman–Crippen MR) is 79.1 cm³/mol. The molecule has 3 rings (SSSR count). The van der Waals surface area contributed by atoms with Crippen LogP contribution in [0.1, 0.15) is 37.3 Å². The highest BCUT2D eigenvalue weighted by molar-refractivity contribution is 7.99. The minimum Gasteiger partial charge on any atom is -0.349 e. The Morgan fingerprint density at radius 2 is 2.11 bits per heavy atom. The van der Waals surface area contributed by atoms with Gasteiger partial charge in [0.25, 0.3) is 0 Å². The first-order valence-corrected chi connectivity index (χ1v) is 8.00. The van der Waals surface area contributed by atoms with Gasteiger partial charge in [-0.15, -0.1) is 11.8 Å². The zero-order chi connectivity index (χ0) is 13.1. The number of hydrogen-bond acceptors (Lipinski definition) is 2. The Hall–Kier alpha value is -1.22. The summed E-state index contributed by atoms with van der Waals surface area (Å²) in [4.78, 5) is 13.6. The van der Waals surface area contributed by atoms with Crippen molar-refractivity contribution < 1.29 is 4.79 Å². The third-order valence-electron chi connectivity index (χ3n) is 3.91. The van der Waals surface area contributed by atoms with Crippen LogP contribution in [-0.4, -0.2) is 11.7 Å². The number of nitrogens with one attached hydrogen (secondary N) is 1. The van der Waals surface area contributed by atoms with Crippen molar-refractivity contribution in [1.29, 1.82) is 0 Å². The molecular formula is C16H19NOS. The van der Waals surface area contributed by atoms with Gasteiger partial charge in [-0.25, -0.2) is 0 Å². The van der Waals surface area contributed by atoms with Crippen molar-refractivity contribution in [2.24, 2.45) is 5.92 Å². The lowest BCUT2D eigenvalue weighted by atomic mass is 9.92. The van der Waals surface area contributed by atoms with Crippen LogP contribution in [0.2, 0.25) is 0 Å². The Balaban J connectivity index is 1.70. The Kier molecular flexibility index (Phi) is 3.92. The van der Waals surface area contributed by atoms with Crippen molar-refractivity contribution in [1.82, 2.24) is 5.32 Å². The van der Waals surface area contributed by atoms with Crippen LogP contribution in [0.4, 0.5) is 0 Å². The van der Waals surface area contributed by atoms with E-state index in [2.05, 4.69) is 41.7 Å². The van der Waals surface area contributed by atoms with E-state index in [9.17, 15) is 4.79 Å². The van der Waals surface area contributed by atoms with Crippen molar-refractivity contribution in [3.05, 3.63) is 42.0 Å². The molecule has 1 amide bonds. The molecule has 0 radical (unpaired) electrons. The maximum Gasteiger partial charge on any atom is 0.223 e. The summed E-state index contributed by atoms with van der Waals surface area (Å²) in [7, 11) is 0. The van der Waals surface area contributed by atoms with Crippen molar-refractivity contribution in [2.45, 2.75) is 36.6 Å². The summed E-state index contributed by atoms with van der Waals surface area (Å²) in [6.07, 6.45) is 8.28. The molecule has 0 fully saturated rings. The Bertz CT molecular complexity index is 497. The maximum atomic E-state index is 12.3. The molecule has 0 aromatic heterocycles. The molecule has 1 aliphatic heterocycles. The Labute approximate surface area is 118 Å². The lowest BCUT2D eigenvalue weighted by molar-refractivity contribution is -0.126. The summed E-state index contributed by atoms with van der Waals surface area (Å²) < 4.78 is 0. The van der Waals surface area contributed by atoms with Gasteiger partial charge in [0.05, 0.1) is 6.04 Å². The van der Waals surface area contributed by atoms with E-state index >= 15 is 0 Å². The first-order valence-electron chi connectivity index (χ1n) is 7.01. The fraction of sp³-hybridized carbons (Fsp3) is 0.438. The molecule has 0 bridgehead atoms. The van der Waals surface area contributed by atoms with E-state index in [-0.39, 0.29) is 17.9 Å². The van der Waals surface area contributed by atoms with E-state index < -0.39 is 0 Å². The normalized spacial score (nSPS) is 25.7. The SMILES string of the molecule is O=C(NC1CCSc2ccccc21)C1CC=CCC1. The minimum absolute atomic E-state index is 0.173. The average molecular weight is 273 g/mol. The number of hydrogen-bond donors (Lipinski definition) is 1. The molecule has 1 aromatic carbocycles. The fourth-order valence-electron chi connectivity index (χ4n) is 2.81. The van der Waals surface area contributed by atoms with Crippen LogP contribution in [0.15, 0.2) is 41.3 Å². The molecule has 19 heavy (non-hydrogen) atoms. The van der Waals surface area contributed by atoms with Gasteiger partial charge in [0.2, 0.25) is 5.91 Å². The summed E-state index contributed by atoms with van der Waals surface area (Å²) in [5.41, 5.74) is 1.29. The fourth-order valence-corrected chi connectivity index (χ4v) is 3.94. The van der Waals surface area contributed by atoms with E-state index in [0.717, 1.165) is 31.4 Å². The Morgan fingerprint density at radius 3 is 2.95 bits per heavy atom. The largest absolute Gasteiger partial charge is 0.349 e. The minimum atomic E-state index is 0.173. The number of allylic oxidation sites excluding steroid dienone is 2. The molecule has 1 N–H and O–H groups in total. The van der Waals surface area contributed by atoms with Crippen LogP contribution in [0.5, 0.6) is 0 Å². The third-order valence-corrected chi connectivity index (χ3v) is 5.04. The van der Waals surface area contributed by atoms with Gasteiger partial charge in [-0.3, -0.25) is 4.79 Å². The van der Waals surface area contributed by atoms with Crippen LogP contribution in [0.3, 0.4) is 0 Å². The first-order chi connectivity index (χ1) is 9.34. The summed E-state index contributed by atoms with van der Waals surface area (Å²) >= 11 is 1.89. The van der Waals surface area contributed by atoms with Crippen LogP contribution in [0.25, 0.3) is 0 Å². The highest BCUT2D eigenvalue weighted by Crippen LogP contribution is 2.36. The van der Waals surface area contributed by atoms with E-state index in [1.54, 1.807) is 0 Å². The van der Waals surface area contributed by atoms with Crippen LogP contribution >= 0.6 is 11.8 Å². The van der Waals surface area contributed by atoms with Crippen LogP contribution in [-0.2, 0) is 4.79 Å². The zero-order valence-corrected chi connectivity index (χ0v) is 11.8. The summed E-state index contributed by atoms with van der Waals surface area (Å²) in [5, 5.41) is 3.26. The number of thioether (sulfide) groups is 1. The first kappa shape index (κ1) is 12.8. The molecular weight excluding hydrogens is 254 g/mol. The van der Waals surface area contributed by atoms with Gasteiger partial charge in [0.1, 0.15) is 0 Å². The maximum absolute atomic E-state index is 12.3. The quantitative estimate of drug-likeness (QED) is 0.833. The van der Waals surface area contributed by atoms with Crippen LogP contribution in [0, 0.1) is 5.92 Å². The van der Waals surface area contributed by atoms with Crippen molar-refractivity contribution in [3.63, 3.8) is 0 Å². The van der Waals surface area contributed by atoms with Gasteiger partial charge >= 0.3 is 0 Å². The standard InChI is InChI=1S/C16H19NOS/c18-16(12-6-2-1-3-7-12)17-14-10-11-19-15-9-5-4-8-13(14)15/h1-2,4-5,8-9,12,14H,3,6-7,10-11H2,(H,17,18). The zero-order valence-electron chi connectivity index (χ0n) is 11.0. The molecule has 2 unspecified atom stereocenters. The van der Waals surface area contributed by atoms with Gasteiger partial charge in [-0.1, -0.05) is 30.4 Å². The number of carbonyl (C=O) groups is 1. The topological polar surface area (TPSA) is 29.1 Å². The molecule has 0 saturated carbocycles. The molecule has 100 valence electrons. The predicted octanol–water partition coefficient (Wildman–Crippen LogP) is 3.70. The van der Waals surface area contributed by atoms with E-state index in [1.165, 1.54) is 10.5 Å². The Morgan fingerprint density at radius 1 is 1.21 bits per heavy atom. The molecule has 2 nitrogen and oxygen atoms in total. The summed E-state index contributed by atoms with van der Waals surface area (Å²) in [6, 6.07) is 8.64. The summed E-state index contributed by atoms with van der Waals surface area (Å²) in [6.45, 7) is 0. The number of amides is 1. The summed E-state index contributed by atoms with van der Waals surface area (Å²) in [5.74, 6) is 1.50. The molecule has 1 aliphatic carbocycles. The monoisotopic (exact) mass is 273 g/mol. The lowest BCUT2D eigenvalue weighted by Crippen LogP contribution is -2.35. The molecule has 1 heterocycles. The smallest absolute Gasteiger partial charge is 0.223 e. The van der Waals surface area contributed by atoms with Crippen molar-refractivity contribution in [3.8, 4) is 0 Å². The van der Waals surface area contributed by atoms with Gasteiger partial charge in [-0.2, -0.15) is 0 Å². The number of benzene rings is 1. The second-order valence-corrected chi connectivity index (χ2v) is 6.35. The van der Waals surface area contributed by atoms with E-state index in [0.29, 0.717) is 0 Å². The molecule has 2 aliphatic rings. The highest BCUT2D eigenvalue weighted by atomic mass is 32.2. The van der Waals surface area contributed by atoms with Gasteiger partial charge in [0.15, 0.2) is 0 Å². The third kappa shape index (κ3) is 2.86. The molecule has 0 spiro atoms. The number of rotatable bonds is 2. The van der Waals surface area contributed by atoms with Crippen LogP contribution < -0.4 is 5.32 Å². The molecule has 2 atom stereocenters. The van der Waals surface area contributed by atoms with Crippen molar-refractivity contribution >= 4 is 17.7 Å². The van der Waals surface area contributed by atoms with Gasteiger partial charge in [-0.05, 0) is 37.3 Å². The van der Waals surface area contributed by atoms with Gasteiger partial charge < -0.3 is 5.32 Å². The van der Waals surface area contributed by atoms with E-state index in [4.69, 9.17) is 0 Å². The molecule has 1 aromatic rings. The lowest BCUT2D eigenvalue weighted by Gasteiger charge is -2.28. The highest BCUT2D eigenvalue weighted by Gasteiger charge is 2.25. The average Bonchev–Trinajstić information content (AvgIpc) is 2.48. The second kappa shape index (κ2) is 5.83. The number of fused-ring (bicyclic) bond motifs is 1. The second-order valence-electron chi connectivity index (χ2n) is 5.22. The van der Waals surface area contributed by atoms with Crippen molar-refractivity contribution in [2.75, 3.05) is 5.75 Å².